The third kappa shape index (κ3) is 3.11. The molecule has 0 spiro atoms. The number of nitrogen functional groups attached to an aromatic ring is 1. The van der Waals surface area contributed by atoms with Crippen LogP contribution in [0.25, 0.3) is 0 Å². The van der Waals surface area contributed by atoms with Crippen molar-refractivity contribution in [1.82, 2.24) is 4.90 Å². The minimum Gasteiger partial charge on any atom is -0.397 e. The number of para-hydroxylation sites is 1. The van der Waals surface area contributed by atoms with Gasteiger partial charge in [0.05, 0.1) is 17.1 Å². The highest BCUT2D eigenvalue weighted by Gasteiger charge is 2.10. The number of hydrogen-bond acceptors (Lipinski definition) is 3. The van der Waals surface area contributed by atoms with E-state index < -0.39 is 0 Å². The van der Waals surface area contributed by atoms with Crippen LogP contribution in [0.2, 0.25) is 0 Å². The molecule has 3 N–H and O–H groups in total. The van der Waals surface area contributed by atoms with Gasteiger partial charge in [0.2, 0.25) is 0 Å². The van der Waals surface area contributed by atoms with Gasteiger partial charge in [0.1, 0.15) is 0 Å². The summed E-state index contributed by atoms with van der Waals surface area (Å²) in [4.78, 5) is 13.4. The van der Waals surface area contributed by atoms with Crippen LogP contribution in [0.15, 0.2) is 46.9 Å². The Morgan fingerprint density at radius 2 is 1.85 bits per heavy atom. The fraction of sp³-hybridized carbons (Fsp3) is 0.133. The second kappa shape index (κ2) is 5.96. The van der Waals surface area contributed by atoms with Crippen molar-refractivity contribution < 1.29 is 4.79 Å². The Morgan fingerprint density at radius 3 is 2.45 bits per heavy atom. The summed E-state index contributed by atoms with van der Waals surface area (Å²) in [5.41, 5.74) is 8.81. The average Bonchev–Trinajstić information content (AvgIpc) is 2.42. The monoisotopic (exact) mass is 333 g/mol. The van der Waals surface area contributed by atoms with Crippen LogP contribution in [-0.2, 0) is 0 Å². The van der Waals surface area contributed by atoms with Gasteiger partial charge in [-0.2, -0.15) is 0 Å². The van der Waals surface area contributed by atoms with Gasteiger partial charge in [-0.25, -0.2) is 0 Å². The number of benzene rings is 2. The van der Waals surface area contributed by atoms with E-state index in [4.69, 9.17) is 5.73 Å². The number of rotatable bonds is 3. The zero-order valence-electron chi connectivity index (χ0n) is 11.4. The predicted octanol–water partition coefficient (Wildman–Crippen LogP) is 3.48. The van der Waals surface area contributed by atoms with E-state index in [-0.39, 0.29) is 5.91 Å². The van der Waals surface area contributed by atoms with Crippen LogP contribution in [0.5, 0.6) is 0 Å². The number of nitrogens with two attached hydrogens (primary N) is 1. The molecule has 4 nitrogen and oxygen atoms in total. The molecule has 0 saturated carbocycles. The summed E-state index contributed by atoms with van der Waals surface area (Å²) in [7, 11) is 3.43. The first-order chi connectivity index (χ1) is 9.49. The third-order valence-corrected chi connectivity index (χ3v) is 3.54. The van der Waals surface area contributed by atoms with Crippen molar-refractivity contribution in [3.8, 4) is 0 Å². The quantitative estimate of drug-likeness (QED) is 0.845. The molecular weight excluding hydrogens is 318 g/mol. The fourth-order valence-corrected chi connectivity index (χ4v) is 2.16. The van der Waals surface area contributed by atoms with Crippen LogP contribution in [0.3, 0.4) is 0 Å². The molecule has 0 bridgehead atoms. The zero-order chi connectivity index (χ0) is 14.7. The largest absolute Gasteiger partial charge is 0.397 e. The summed E-state index contributed by atoms with van der Waals surface area (Å²) in [6.07, 6.45) is 0. The van der Waals surface area contributed by atoms with Gasteiger partial charge in [0, 0.05) is 24.1 Å². The second-order valence-electron chi connectivity index (χ2n) is 4.61. The van der Waals surface area contributed by atoms with Crippen LogP contribution in [0, 0.1) is 0 Å². The van der Waals surface area contributed by atoms with Crippen molar-refractivity contribution in [1.29, 1.82) is 0 Å². The lowest BCUT2D eigenvalue weighted by atomic mass is 10.1. The highest BCUT2D eigenvalue weighted by Crippen LogP contribution is 2.29. The maximum Gasteiger partial charge on any atom is 0.253 e. The summed E-state index contributed by atoms with van der Waals surface area (Å²) < 4.78 is 0.952. The van der Waals surface area contributed by atoms with Gasteiger partial charge in [-0.15, -0.1) is 0 Å². The van der Waals surface area contributed by atoms with Gasteiger partial charge in [-0.05, 0) is 46.3 Å². The van der Waals surface area contributed by atoms with E-state index in [1.807, 2.05) is 30.3 Å². The molecule has 0 aromatic heterocycles. The lowest BCUT2D eigenvalue weighted by Crippen LogP contribution is -2.21. The molecule has 0 aliphatic rings. The minimum atomic E-state index is -0.0656. The first kappa shape index (κ1) is 14.4. The van der Waals surface area contributed by atoms with Crippen molar-refractivity contribution in [3.63, 3.8) is 0 Å². The van der Waals surface area contributed by atoms with Gasteiger partial charge in [-0.3, -0.25) is 4.79 Å². The highest BCUT2D eigenvalue weighted by atomic mass is 79.9. The maximum absolute atomic E-state index is 11.9. The topological polar surface area (TPSA) is 58.4 Å². The van der Waals surface area contributed by atoms with E-state index >= 15 is 0 Å². The molecule has 2 rings (SSSR count). The molecule has 5 heteroatoms. The number of nitrogens with zero attached hydrogens (tertiary/aromatic N) is 1. The van der Waals surface area contributed by atoms with Crippen molar-refractivity contribution >= 4 is 38.9 Å². The van der Waals surface area contributed by atoms with Crippen molar-refractivity contribution in [2.45, 2.75) is 0 Å². The average molecular weight is 334 g/mol. The molecule has 2 aromatic rings. The Bertz CT molecular complexity index is 641. The van der Waals surface area contributed by atoms with Crippen LogP contribution < -0.4 is 11.1 Å². The lowest BCUT2D eigenvalue weighted by Gasteiger charge is -2.14. The van der Waals surface area contributed by atoms with Gasteiger partial charge >= 0.3 is 0 Å². The number of nitrogens with one attached hydrogen (secondary N) is 1. The van der Waals surface area contributed by atoms with Crippen LogP contribution in [-0.4, -0.2) is 24.9 Å². The maximum atomic E-state index is 11.9. The van der Waals surface area contributed by atoms with E-state index in [9.17, 15) is 4.79 Å². The summed E-state index contributed by atoms with van der Waals surface area (Å²) in [6.45, 7) is 0. The fourth-order valence-electron chi connectivity index (χ4n) is 1.78. The van der Waals surface area contributed by atoms with Gasteiger partial charge < -0.3 is 16.0 Å². The summed E-state index contributed by atoms with van der Waals surface area (Å²) in [5.74, 6) is -0.0656. The molecule has 0 saturated heterocycles. The molecular formula is C15H16BrN3O. The molecule has 0 fully saturated rings. The first-order valence-electron chi connectivity index (χ1n) is 6.12. The molecule has 2 aromatic carbocycles. The van der Waals surface area contributed by atoms with Crippen molar-refractivity contribution in [2.75, 3.05) is 25.1 Å². The molecule has 0 radical (unpaired) electrons. The van der Waals surface area contributed by atoms with Crippen LogP contribution >= 0.6 is 15.9 Å². The zero-order valence-corrected chi connectivity index (χ0v) is 12.9. The summed E-state index contributed by atoms with van der Waals surface area (Å²) >= 11 is 3.47. The van der Waals surface area contributed by atoms with E-state index in [0.29, 0.717) is 11.3 Å². The van der Waals surface area contributed by atoms with Crippen molar-refractivity contribution in [3.05, 3.63) is 52.5 Å². The Hall–Kier alpha value is -2.01. The third-order valence-electron chi connectivity index (χ3n) is 2.85. The summed E-state index contributed by atoms with van der Waals surface area (Å²) in [6, 6.07) is 13.0. The number of hydrogen-bond donors (Lipinski definition) is 2. The molecule has 20 heavy (non-hydrogen) atoms. The Labute approximate surface area is 126 Å². The Kier molecular flexibility index (Phi) is 4.29. The Morgan fingerprint density at radius 1 is 1.15 bits per heavy atom. The van der Waals surface area contributed by atoms with E-state index in [1.54, 1.807) is 26.2 Å². The van der Waals surface area contributed by atoms with Gasteiger partial charge in [0.25, 0.3) is 5.91 Å². The Balaban J connectivity index is 2.27. The molecule has 0 unspecified atom stereocenters. The van der Waals surface area contributed by atoms with E-state index in [1.165, 1.54) is 4.90 Å². The van der Waals surface area contributed by atoms with Crippen LogP contribution in [0.4, 0.5) is 17.1 Å². The number of halogens is 1. The number of carbonyl (C=O) groups is 1. The lowest BCUT2D eigenvalue weighted by molar-refractivity contribution is 0.0827. The molecule has 0 heterocycles. The summed E-state index contributed by atoms with van der Waals surface area (Å²) in [5, 5.41) is 3.24. The molecule has 0 aliphatic heterocycles. The minimum absolute atomic E-state index is 0.0656. The first-order valence-corrected chi connectivity index (χ1v) is 6.91. The number of anilines is 3. The second-order valence-corrected chi connectivity index (χ2v) is 5.46. The SMILES string of the molecule is CN(C)C(=O)c1ccc(Nc2ccccc2Br)c(N)c1. The van der Waals surface area contributed by atoms with E-state index in [0.717, 1.165) is 15.8 Å². The molecule has 104 valence electrons. The van der Waals surface area contributed by atoms with E-state index in [2.05, 4.69) is 21.2 Å². The van der Waals surface area contributed by atoms with Crippen molar-refractivity contribution in [2.24, 2.45) is 0 Å². The predicted molar refractivity (Wildman–Crippen MR) is 86.3 cm³/mol. The number of carbonyl (C=O) groups excluding carboxylic acids is 1. The van der Waals surface area contributed by atoms with Crippen LogP contribution in [0.1, 0.15) is 10.4 Å². The molecule has 0 atom stereocenters. The standard InChI is InChI=1S/C15H16BrN3O/c1-19(2)15(20)10-7-8-14(12(17)9-10)18-13-6-4-3-5-11(13)16/h3-9,18H,17H2,1-2H3. The van der Waals surface area contributed by atoms with Gasteiger partial charge in [0.15, 0.2) is 0 Å². The molecule has 0 aliphatic carbocycles. The van der Waals surface area contributed by atoms with Gasteiger partial charge in [-0.1, -0.05) is 12.1 Å². The normalized spacial score (nSPS) is 10.2. The highest BCUT2D eigenvalue weighted by molar-refractivity contribution is 9.10. The smallest absolute Gasteiger partial charge is 0.253 e. The molecule has 1 amide bonds. The number of amides is 1.